The molecule has 104 valence electrons. The van der Waals surface area contributed by atoms with E-state index in [0.717, 1.165) is 5.56 Å². The van der Waals surface area contributed by atoms with Gasteiger partial charge in [0.15, 0.2) is 0 Å². The molecule has 2 rings (SSSR count). The van der Waals surface area contributed by atoms with Gasteiger partial charge in [0.2, 0.25) is 10.0 Å². The highest BCUT2D eigenvalue weighted by Gasteiger charge is 2.11. The molecule has 1 aromatic heterocycles. The molecule has 7 heteroatoms. The van der Waals surface area contributed by atoms with E-state index < -0.39 is 10.0 Å². The standard InChI is InChI=1S/C13H13N3O3S/c1-9-3-2-8-15-12(9)13(17)16-10-4-6-11(7-5-10)20(14,18)19/h2-8H,1H3,(H,16,17)(H2,14,18,19). The van der Waals surface area contributed by atoms with Crippen molar-refractivity contribution in [2.45, 2.75) is 11.8 Å². The number of nitrogens with zero attached hydrogens (tertiary/aromatic N) is 1. The average Bonchev–Trinajstić information content (AvgIpc) is 2.38. The molecule has 1 amide bonds. The van der Waals surface area contributed by atoms with Crippen LogP contribution in [0, 0.1) is 6.92 Å². The Hall–Kier alpha value is -2.25. The maximum atomic E-state index is 12.0. The summed E-state index contributed by atoms with van der Waals surface area (Å²) in [5.41, 5.74) is 1.54. The molecule has 1 heterocycles. The Bertz CT molecular complexity index is 740. The molecule has 2 aromatic rings. The maximum Gasteiger partial charge on any atom is 0.274 e. The van der Waals surface area contributed by atoms with Gasteiger partial charge in [0.05, 0.1) is 4.90 Å². The number of nitrogens with one attached hydrogen (secondary N) is 1. The first-order valence-corrected chi connectivity index (χ1v) is 7.28. The molecule has 0 unspecified atom stereocenters. The number of hydrogen-bond donors (Lipinski definition) is 2. The number of hydrogen-bond acceptors (Lipinski definition) is 4. The second-order valence-corrected chi connectivity index (χ2v) is 5.75. The molecule has 1 aromatic carbocycles. The average molecular weight is 291 g/mol. The Balaban J connectivity index is 2.19. The van der Waals surface area contributed by atoms with Crippen LogP contribution >= 0.6 is 0 Å². The van der Waals surface area contributed by atoms with E-state index in [-0.39, 0.29) is 10.8 Å². The van der Waals surface area contributed by atoms with Gasteiger partial charge in [-0.05, 0) is 42.8 Å². The number of carbonyl (C=O) groups excluding carboxylic acids is 1. The van der Waals surface area contributed by atoms with E-state index in [2.05, 4.69) is 10.3 Å². The zero-order valence-corrected chi connectivity index (χ0v) is 11.5. The largest absolute Gasteiger partial charge is 0.321 e. The van der Waals surface area contributed by atoms with Crippen molar-refractivity contribution in [3.63, 3.8) is 0 Å². The lowest BCUT2D eigenvalue weighted by molar-refractivity contribution is 0.102. The van der Waals surface area contributed by atoms with E-state index in [4.69, 9.17) is 5.14 Å². The van der Waals surface area contributed by atoms with Gasteiger partial charge in [-0.1, -0.05) is 6.07 Å². The summed E-state index contributed by atoms with van der Waals surface area (Å²) in [4.78, 5) is 16.0. The summed E-state index contributed by atoms with van der Waals surface area (Å²) in [5, 5.41) is 7.63. The van der Waals surface area contributed by atoms with Crippen molar-refractivity contribution < 1.29 is 13.2 Å². The van der Waals surface area contributed by atoms with Crippen LogP contribution in [0.25, 0.3) is 0 Å². The van der Waals surface area contributed by atoms with Gasteiger partial charge >= 0.3 is 0 Å². The number of carbonyl (C=O) groups is 1. The second kappa shape index (κ2) is 5.40. The first-order chi connectivity index (χ1) is 9.38. The van der Waals surface area contributed by atoms with Crippen LogP contribution in [-0.2, 0) is 10.0 Å². The lowest BCUT2D eigenvalue weighted by Gasteiger charge is -2.07. The van der Waals surface area contributed by atoms with Gasteiger partial charge in [-0.2, -0.15) is 0 Å². The Morgan fingerprint density at radius 3 is 2.40 bits per heavy atom. The molecule has 0 spiro atoms. The number of sulfonamides is 1. The number of amides is 1. The number of nitrogens with two attached hydrogens (primary N) is 1. The summed E-state index contributed by atoms with van der Waals surface area (Å²) in [6, 6.07) is 9.12. The molecule has 0 radical (unpaired) electrons. The third-order valence-corrected chi connectivity index (χ3v) is 3.59. The van der Waals surface area contributed by atoms with Crippen molar-refractivity contribution in [3.8, 4) is 0 Å². The smallest absolute Gasteiger partial charge is 0.274 e. The van der Waals surface area contributed by atoms with E-state index in [0.29, 0.717) is 11.4 Å². The highest BCUT2D eigenvalue weighted by atomic mass is 32.2. The summed E-state index contributed by atoms with van der Waals surface area (Å²) in [6.07, 6.45) is 1.53. The molecule has 0 aliphatic rings. The van der Waals surface area contributed by atoms with E-state index >= 15 is 0 Å². The summed E-state index contributed by atoms with van der Waals surface area (Å²) < 4.78 is 22.2. The first-order valence-electron chi connectivity index (χ1n) is 5.74. The number of primary sulfonamides is 1. The van der Waals surface area contributed by atoms with E-state index in [9.17, 15) is 13.2 Å². The van der Waals surface area contributed by atoms with Crippen LogP contribution in [0.3, 0.4) is 0 Å². The van der Waals surface area contributed by atoms with E-state index in [1.165, 1.54) is 30.5 Å². The molecule has 20 heavy (non-hydrogen) atoms. The van der Waals surface area contributed by atoms with E-state index in [1.54, 1.807) is 19.1 Å². The van der Waals surface area contributed by atoms with Gasteiger partial charge < -0.3 is 5.32 Å². The summed E-state index contributed by atoms with van der Waals surface area (Å²) >= 11 is 0. The van der Waals surface area contributed by atoms with Crippen LogP contribution in [0.5, 0.6) is 0 Å². The first kappa shape index (κ1) is 14.2. The van der Waals surface area contributed by atoms with Crippen molar-refractivity contribution in [1.82, 2.24) is 4.98 Å². The van der Waals surface area contributed by atoms with Gasteiger partial charge in [-0.25, -0.2) is 13.6 Å². The Labute approximate surface area is 116 Å². The summed E-state index contributed by atoms with van der Waals surface area (Å²) in [6.45, 7) is 1.78. The zero-order chi connectivity index (χ0) is 14.8. The monoisotopic (exact) mass is 291 g/mol. The minimum atomic E-state index is -3.73. The number of anilines is 1. The van der Waals surface area contributed by atoms with Crippen molar-refractivity contribution in [1.29, 1.82) is 0 Å². The topological polar surface area (TPSA) is 102 Å². The molecule has 0 saturated heterocycles. The molecule has 0 fully saturated rings. The Morgan fingerprint density at radius 2 is 1.85 bits per heavy atom. The highest BCUT2D eigenvalue weighted by Crippen LogP contribution is 2.14. The van der Waals surface area contributed by atoms with Crippen molar-refractivity contribution in [2.24, 2.45) is 5.14 Å². The number of pyridine rings is 1. The van der Waals surface area contributed by atoms with Crippen molar-refractivity contribution >= 4 is 21.6 Å². The predicted octanol–water partition coefficient (Wildman–Crippen LogP) is 1.29. The zero-order valence-electron chi connectivity index (χ0n) is 10.7. The predicted molar refractivity (Wildman–Crippen MR) is 74.7 cm³/mol. The van der Waals surface area contributed by atoms with Crippen molar-refractivity contribution in [2.75, 3.05) is 5.32 Å². The SMILES string of the molecule is Cc1cccnc1C(=O)Nc1ccc(S(N)(=O)=O)cc1. The molecular weight excluding hydrogens is 278 g/mol. The molecule has 0 bridgehead atoms. The maximum absolute atomic E-state index is 12.0. The number of rotatable bonds is 3. The van der Waals surface area contributed by atoms with Gasteiger partial charge in [-0.15, -0.1) is 0 Å². The second-order valence-electron chi connectivity index (χ2n) is 4.19. The third-order valence-electron chi connectivity index (χ3n) is 2.67. The van der Waals surface area contributed by atoms with Crippen LogP contribution < -0.4 is 10.5 Å². The van der Waals surface area contributed by atoms with Crippen LogP contribution in [0.15, 0.2) is 47.5 Å². The third kappa shape index (κ3) is 3.19. The van der Waals surface area contributed by atoms with Crippen molar-refractivity contribution in [3.05, 3.63) is 53.9 Å². The minimum absolute atomic E-state index is 0.00971. The normalized spacial score (nSPS) is 11.1. The number of aromatic nitrogens is 1. The summed E-state index contributed by atoms with van der Waals surface area (Å²) in [7, 11) is -3.73. The molecule has 0 aliphatic heterocycles. The van der Waals surface area contributed by atoms with E-state index in [1.807, 2.05) is 0 Å². The molecular formula is C13H13N3O3S. The van der Waals surface area contributed by atoms with Crippen LogP contribution in [0.1, 0.15) is 16.1 Å². The molecule has 0 saturated carbocycles. The lowest BCUT2D eigenvalue weighted by Crippen LogP contribution is -2.15. The quantitative estimate of drug-likeness (QED) is 0.889. The van der Waals surface area contributed by atoms with Gasteiger partial charge in [0, 0.05) is 11.9 Å². The Morgan fingerprint density at radius 1 is 1.20 bits per heavy atom. The lowest BCUT2D eigenvalue weighted by atomic mass is 10.2. The molecule has 0 atom stereocenters. The fourth-order valence-electron chi connectivity index (χ4n) is 1.64. The summed E-state index contributed by atoms with van der Waals surface area (Å²) in [5.74, 6) is -0.355. The fourth-order valence-corrected chi connectivity index (χ4v) is 2.16. The van der Waals surface area contributed by atoms with Crippen LogP contribution in [0.2, 0.25) is 0 Å². The van der Waals surface area contributed by atoms with Gasteiger partial charge in [0.25, 0.3) is 5.91 Å². The highest BCUT2D eigenvalue weighted by molar-refractivity contribution is 7.89. The van der Waals surface area contributed by atoms with Crippen LogP contribution in [0.4, 0.5) is 5.69 Å². The van der Waals surface area contributed by atoms with Gasteiger partial charge in [0.1, 0.15) is 5.69 Å². The van der Waals surface area contributed by atoms with Crippen LogP contribution in [-0.4, -0.2) is 19.3 Å². The van der Waals surface area contributed by atoms with Gasteiger partial charge in [-0.3, -0.25) is 9.78 Å². The minimum Gasteiger partial charge on any atom is -0.321 e. The number of aryl methyl sites for hydroxylation is 1. The number of benzene rings is 1. The molecule has 0 aliphatic carbocycles. The molecule has 3 N–H and O–H groups in total. The Kier molecular flexibility index (Phi) is 3.82. The fraction of sp³-hybridized carbons (Fsp3) is 0.0769. The molecule has 6 nitrogen and oxygen atoms in total.